The molecule has 8 heteroatoms. The number of fused-ring (bicyclic) bond motifs is 1. The van der Waals surface area contributed by atoms with Crippen LogP contribution < -0.4 is 5.32 Å². The van der Waals surface area contributed by atoms with Gasteiger partial charge in [0.25, 0.3) is 0 Å². The van der Waals surface area contributed by atoms with Gasteiger partial charge in [0.05, 0.1) is 5.75 Å². The van der Waals surface area contributed by atoms with Gasteiger partial charge in [-0.2, -0.15) is 0 Å². The quantitative estimate of drug-likeness (QED) is 0.312. The predicted octanol–water partition coefficient (Wildman–Crippen LogP) is 6.46. The highest BCUT2D eigenvalue weighted by Gasteiger charge is 2.18. The van der Waals surface area contributed by atoms with Crippen LogP contribution in [0.2, 0.25) is 10.0 Å². The molecule has 4 aromatic rings. The number of carbonyl (C=O) groups excluding carboxylic acids is 1. The van der Waals surface area contributed by atoms with Crippen LogP contribution in [0, 0.1) is 0 Å². The summed E-state index contributed by atoms with van der Waals surface area (Å²) in [5.41, 5.74) is 5.28. The number of anilines is 1. The molecule has 0 aliphatic heterocycles. The van der Waals surface area contributed by atoms with E-state index in [1.807, 2.05) is 59.2 Å². The number of hydrogen-bond acceptors (Lipinski definition) is 4. The van der Waals surface area contributed by atoms with Crippen molar-refractivity contribution in [3.05, 3.63) is 87.9 Å². The number of thioether (sulfide) groups is 1. The van der Waals surface area contributed by atoms with Gasteiger partial charge in [-0.3, -0.25) is 9.36 Å². The zero-order valence-corrected chi connectivity index (χ0v) is 19.9. The molecule has 1 N–H and O–H groups in total. The number of aromatic nitrogens is 3. The second-order valence-electron chi connectivity index (χ2n) is 7.80. The summed E-state index contributed by atoms with van der Waals surface area (Å²) in [6.07, 6.45) is 3.38. The van der Waals surface area contributed by atoms with Gasteiger partial charge in [-0.25, -0.2) is 0 Å². The van der Waals surface area contributed by atoms with Crippen molar-refractivity contribution < 1.29 is 4.79 Å². The van der Waals surface area contributed by atoms with Crippen molar-refractivity contribution >= 4 is 46.6 Å². The Balaban J connectivity index is 1.37. The molecular weight excluding hydrogens is 475 g/mol. The summed E-state index contributed by atoms with van der Waals surface area (Å²) in [5.74, 6) is 0.788. The molecular formula is C25H20Cl2N4OS. The van der Waals surface area contributed by atoms with E-state index in [4.69, 9.17) is 23.2 Å². The van der Waals surface area contributed by atoms with E-state index in [2.05, 4.69) is 27.6 Å². The molecule has 166 valence electrons. The molecule has 0 saturated heterocycles. The van der Waals surface area contributed by atoms with Gasteiger partial charge < -0.3 is 5.32 Å². The number of halogens is 2. The number of rotatable bonds is 6. The van der Waals surface area contributed by atoms with Crippen molar-refractivity contribution in [2.75, 3.05) is 11.1 Å². The molecule has 1 amide bonds. The van der Waals surface area contributed by atoms with Gasteiger partial charge in [-0.15, -0.1) is 10.2 Å². The average molecular weight is 495 g/mol. The van der Waals surface area contributed by atoms with Crippen LogP contribution in [0.3, 0.4) is 0 Å². The third-order valence-corrected chi connectivity index (χ3v) is 6.97. The Hall–Kier alpha value is -2.80. The highest BCUT2D eigenvalue weighted by atomic mass is 35.5. The Kier molecular flexibility index (Phi) is 6.40. The van der Waals surface area contributed by atoms with Crippen molar-refractivity contribution in [1.29, 1.82) is 0 Å². The average Bonchev–Trinajstić information content (AvgIpc) is 3.45. The highest BCUT2D eigenvalue weighted by Crippen LogP contribution is 2.30. The minimum absolute atomic E-state index is 0.0864. The Morgan fingerprint density at radius 3 is 2.36 bits per heavy atom. The molecule has 0 unspecified atom stereocenters. The number of benzene rings is 3. The van der Waals surface area contributed by atoms with Crippen LogP contribution in [0.15, 0.2) is 71.9 Å². The second-order valence-corrected chi connectivity index (χ2v) is 9.61. The lowest BCUT2D eigenvalue weighted by molar-refractivity contribution is -0.113. The van der Waals surface area contributed by atoms with Gasteiger partial charge in [-0.1, -0.05) is 41.0 Å². The topological polar surface area (TPSA) is 59.8 Å². The number of aryl methyl sites for hydroxylation is 2. The first kappa shape index (κ1) is 22.0. The fraction of sp³-hybridized carbons (Fsp3) is 0.160. The molecule has 0 saturated carbocycles. The smallest absolute Gasteiger partial charge is 0.234 e. The van der Waals surface area contributed by atoms with Gasteiger partial charge in [0.15, 0.2) is 11.0 Å². The summed E-state index contributed by atoms with van der Waals surface area (Å²) in [4.78, 5) is 12.7. The van der Waals surface area contributed by atoms with Gasteiger partial charge >= 0.3 is 0 Å². The lowest BCUT2D eigenvalue weighted by Gasteiger charge is -2.11. The van der Waals surface area contributed by atoms with E-state index in [1.165, 1.54) is 29.3 Å². The molecule has 0 atom stereocenters. The summed E-state index contributed by atoms with van der Waals surface area (Å²) >= 11 is 13.5. The summed E-state index contributed by atoms with van der Waals surface area (Å²) in [5, 5.41) is 13.7. The molecule has 0 bridgehead atoms. The van der Waals surface area contributed by atoms with Crippen molar-refractivity contribution in [3.8, 4) is 17.1 Å². The SMILES string of the molecule is O=C(CSc1nnc(-c2ccc(Cl)cc2)n1-c1ccc(Cl)cc1)Nc1ccc2c(c1)CCC2. The van der Waals surface area contributed by atoms with Gasteiger partial charge in [0, 0.05) is 27.0 Å². The van der Waals surface area contributed by atoms with Gasteiger partial charge in [0.2, 0.25) is 5.91 Å². The lowest BCUT2D eigenvalue weighted by Crippen LogP contribution is -2.14. The molecule has 0 fully saturated rings. The van der Waals surface area contributed by atoms with E-state index in [1.54, 1.807) is 0 Å². The lowest BCUT2D eigenvalue weighted by atomic mass is 10.1. The maximum atomic E-state index is 12.7. The molecule has 5 rings (SSSR count). The van der Waals surface area contributed by atoms with Crippen LogP contribution in [0.25, 0.3) is 17.1 Å². The predicted molar refractivity (Wildman–Crippen MR) is 135 cm³/mol. The number of nitrogens with one attached hydrogen (secondary N) is 1. The van der Waals surface area contributed by atoms with Crippen LogP contribution in [0.4, 0.5) is 5.69 Å². The van der Waals surface area contributed by atoms with Crippen LogP contribution in [-0.4, -0.2) is 26.4 Å². The first-order chi connectivity index (χ1) is 16.1. The standard InChI is InChI=1S/C25H20Cl2N4OS/c26-19-7-4-17(5-8-19)24-29-30-25(31(24)22-12-9-20(27)10-13-22)33-15-23(32)28-21-11-6-16-2-1-3-18(16)14-21/h4-14H,1-3,15H2,(H,28,32). The van der Waals surface area contributed by atoms with E-state index >= 15 is 0 Å². The van der Waals surface area contributed by atoms with Crippen LogP contribution in [0.5, 0.6) is 0 Å². The van der Waals surface area contributed by atoms with Gasteiger partial charge in [0.1, 0.15) is 0 Å². The van der Waals surface area contributed by atoms with E-state index < -0.39 is 0 Å². The molecule has 1 aliphatic carbocycles. The van der Waals surface area contributed by atoms with Crippen LogP contribution in [-0.2, 0) is 17.6 Å². The molecule has 33 heavy (non-hydrogen) atoms. The van der Waals surface area contributed by atoms with Crippen molar-refractivity contribution in [2.45, 2.75) is 24.4 Å². The Bertz CT molecular complexity index is 1300. The highest BCUT2D eigenvalue weighted by molar-refractivity contribution is 7.99. The molecule has 5 nitrogen and oxygen atoms in total. The monoisotopic (exact) mass is 494 g/mol. The fourth-order valence-electron chi connectivity index (χ4n) is 3.95. The van der Waals surface area contributed by atoms with Gasteiger partial charge in [-0.05, 0) is 91.1 Å². The Morgan fingerprint density at radius 2 is 1.61 bits per heavy atom. The molecule has 1 heterocycles. The normalized spacial score (nSPS) is 12.5. The largest absolute Gasteiger partial charge is 0.325 e. The maximum absolute atomic E-state index is 12.7. The van der Waals surface area contributed by atoms with Crippen molar-refractivity contribution in [1.82, 2.24) is 14.8 Å². The Labute approximate surface area is 206 Å². The third-order valence-electron chi connectivity index (χ3n) is 5.54. The van der Waals surface area contributed by atoms with E-state index in [-0.39, 0.29) is 11.7 Å². The van der Waals surface area contributed by atoms with Crippen molar-refractivity contribution in [3.63, 3.8) is 0 Å². The zero-order chi connectivity index (χ0) is 22.8. The molecule has 0 radical (unpaired) electrons. The van der Waals surface area contributed by atoms with Crippen molar-refractivity contribution in [2.24, 2.45) is 0 Å². The molecule has 0 spiro atoms. The number of carbonyl (C=O) groups is 1. The van der Waals surface area contributed by atoms with E-state index in [9.17, 15) is 4.79 Å². The first-order valence-electron chi connectivity index (χ1n) is 10.6. The number of nitrogens with zero attached hydrogens (tertiary/aromatic N) is 3. The summed E-state index contributed by atoms with van der Waals surface area (Å²) in [6.45, 7) is 0. The Morgan fingerprint density at radius 1 is 0.909 bits per heavy atom. The summed E-state index contributed by atoms with van der Waals surface area (Å²) < 4.78 is 1.92. The molecule has 1 aromatic heterocycles. The third kappa shape index (κ3) is 4.93. The molecule has 1 aliphatic rings. The summed E-state index contributed by atoms with van der Waals surface area (Å²) in [7, 11) is 0. The fourth-order valence-corrected chi connectivity index (χ4v) is 4.95. The summed E-state index contributed by atoms with van der Waals surface area (Å²) in [6, 6.07) is 21.0. The zero-order valence-electron chi connectivity index (χ0n) is 17.6. The minimum Gasteiger partial charge on any atom is -0.325 e. The second kappa shape index (κ2) is 9.59. The number of amides is 1. The van der Waals surface area contributed by atoms with E-state index in [0.29, 0.717) is 21.0 Å². The minimum atomic E-state index is -0.0864. The van der Waals surface area contributed by atoms with Crippen LogP contribution >= 0.6 is 35.0 Å². The molecule has 3 aromatic carbocycles. The maximum Gasteiger partial charge on any atom is 0.234 e. The van der Waals surface area contributed by atoms with Crippen LogP contribution in [0.1, 0.15) is 17.5 Å². The number of hydrogen-bond donors (Lipinski definition) is 1. The van der Waals surface area contributed by atoms with E-state index in [0.717, 1.165) is 29.8 Å². The first-order valence-corrected chi connectivity index (χ1v) is 12.3.